The first kappa shape index (κ1) is 43.7. The van der Waals surface area contributed by atoms with Gasteiger partial charge in [0.15, 0.2) is 0 Å². The molecule has 1 N–H and O–H groups in total. The van der Waals surface area contributed by atoms with E-state index in [0.717, 1.165) is 71.8 Å². The smallest absolute Gasteiger partial charge is 0.310 e. The predicted molar refractivity (Wildman–Crippen MR) is 247 cm³/mol. The Morgan fingerprint density at radius 1 is 0.557 bits per heavy atom. The molecule has 8 nitrogen and oxygen atoms in total. The first-order valence-electron chi connectivity index (χ1n) is 20.1. The van der Waals surface area contributed by atoms with E-state index in [1.54, 1.807) is 37.5 Å². The summed E-state index contributed by atoms with van der Waals surface area (Å²) in [5.41, 5.74) is 9.52. The summed E-state index contributed by atoms with van der Waals surface area (Å²) in [7, 11) is 0. The summed E-state index contributed by atoms with van der Waals surface area (Å²) in [5.74, 6) is 0.420. The summed E-state index contributed by atoms with van der Waals surface area (Å²) < 4.78 is 16.2. The van der Waals surface area contributed by atoms with Crippen molar-refractivity contribution in [1.29, 1.82) is 0 Å². The van der Waals surface area contributed by atoms with Crippen molar-refractivity contribution in [3.8, 4) is 33.8 Å². The van der Waals surface area contributed by atoms with Gasteiger partial charge < -0.3 is 19.3 Å². The number of pyridine rings is 2. The number of para-hydroxylation sites is 2. The van der Waals surface area contributed by atoms with Crippen molar-refractivity contribution in [1.82, 2.24) is 9.97 Å². The van der Waals surface area contributed by atoms with Gasteiger partial charge in [-0.3, -0.25) is 19.6 Å². The van der Waals surface area contributed by atoms with Gasteiger partial charge >= 0.3 is 11.9 Å². The van der Waals surface area contributed by atoms with E-state index in [-0.39, 0.29) is 30.5 Å². The maximum atomic E-state index is 12.2. The quantitative estimate of drug-likeness (QED) is 0.0955. The van der Waals surface area contributed by atoms with Gasteiger partial charge in [-0.05, 0) is 94.8 Å². The lowest BCUT2D eigenvalue weighted by Gasteiger charge is -2.14. The predicted octanol–water partition coefficient (Wildman–Crippen LogP) is 11.9. The number of ether oxygens (including phenoxy) is 3. The van der Waals surface area contributed by atoms with Crippen LogP contribution in [-0.2, 0) is 43.8 Å². The molecule has 0 spiro atoms. The fourth-order valence-electron chi connectivity index (χ4n) is 6.76. The number of halogens is 1. The zero-order valence-electron chi connectivity index (χ0n) is 34.2. The van der Waals surface area contributed by atoms with Crippen LogP contribution in [0.15, 0.2) is 170 Å². The number of fused-ring (bicyclic) bond motifs is 2. The maximum Gasteiger partial charge on any atom is 0.310 e. The van der Waals surface area contributed by atoms with Gasteiger partial charge in [-0.25, -0.2) is 0 Å². The van der Waals surface area contributed by atoms with E-state index in [4.69, 9.17) is 14.2 Å². The van der Waals surface area contributed by atoms with Crippen molar-refractivity contribution in [2.24, 2.45) is 0 Å². The monoisotopic (exact) mass is 874 g/mol. The Balaban J connectivity index is 0.000000177. The van der Waals surface area contributed by atoms with Gasteiger partial charge in [-0.15, -0.1) is 0 Å². The van der Waals surface area contributed by atoms with Crippen LogP contribution in [0.25, 0.3) is 44.1 Å². The van der Waals surface area contributed by atoms with Crippen LogP contribution >= 0.6 is 15.9 Å². The van der Waals surface area contributed by atoms with Crippen molar-refractivity contribution >= 4 is 49.7 Å². The van der Waals surface area contributed by atoms with Crippen LogP contribution in [0, 0.1) is 0 Å². The molecule has 0 bridgehead atoms. The van der Waals surface area contributed by atoms with Crippen LogP contribution < -0.4 is 4.74 Å². The van der Waals surface area contributed by atoms with Crippen LogP contribution in [0.4, 0.5) is 0 Å². The number of hydrogen-bond acceptors (Lipinski definition) is 8. The Kier molecular flexibility index (Phi) is 16.1. The van der Waals surface area contributed by atoms with E-state index in [1.807, 2.05) is 134 Å². The SMILES string of the molecule is BrCc1ccccc1.CCOC(=O)Cc1cnc2ccccc2c1-c1cccc(O)c1.CCOC(=O)Cc1cnc2ccccc2c1-c1cccc(OCc2ccccc2)c1. The highest BCUT2D eigenvalue weighted by Gasteiger charge is 2.17. The molecule has 0 unspecified atom stereocenters. The number of benzene rings is 6. The van der Waals surface area contributed by atoms with Crippen molar-refractivity contribution in [2.45, 2.75) is 38.6 Å². The molecule has 8 rings (SSSR count). The number of carbonyl (C=O) groups is 2. The largest absolute Gasteiger partial charge is 0.508 e. The van der Waals surface area contributed by atoms with Crippen LogP contribution in [0.1, 0.15) is 36.1 Å². The lowest BCUT2D eigenvalue weighted by Crippen LogP contribution is -2.09. The normalized spacial score (nSPS) is 10.5. The van der Waals surface area contributed by atoms with Crippen LogP contribution in [0.3, 0.4) is 0 Å². The highest BCUT2D eigenvalue weighted by atomic mass is 79.9. The lowest BCUT2D eigenvalue weighted by molar-refractivity contribution is -0.143. The second kappa shape index (κ2) is 22.5. The maximum absolute atomic E-state index is 12.2. The number of nitrogens with zero attached hydrogens (tertiary/aromatic N) is 2. The molecule has 0 saturated heterocycles. The van der Waals surface area contributed by atoms with Gasteiger partial charge in [0.1, 0.15) is 18.1 Å². The number of hydrogen-bond donors (Lipinski definition) is 1. The van der Waals surface area contributed by atoms with Gasteiger partial charge in [-0.2, -0.15) is 0 Å². The Hall–Kier alpha value is -6.84. The number of phenolic OH excluding ortho intramolecular Hbond substituents is 1. The molecule has 0 amide bonds. The number of phenols is 1. The Labute approximate surface area is 365 Å². The molecule has 9 heteroatoms. The minimum atomic E-state index is -0.286. The van der Waals surface area contributed by atoms with E-state index >= 15 is 0 Å². The molecule has 8 aromatic rings. The first-order chi connectivity index (χ1) is 29.9. The number of alkyl halides is 1. The topological polar surface area (TPSA) is 108 Å². The summed E-state index contributed by atoms with van der Waals surface area (Å²) in [6.45, 7) is 4.80. The number of aromatic nitrogens is 2. The summed E-state index contributed by atoms with van der Waals surface area (Å²) in [6.07, 6.45) is 3.80. The third kappa shape index (κ3) is 12.3. The second-order valence-corrected chi connectivity index (χ2v) is 14.3. The zero-order chi connectivity index (χ0) is 42.8. The van der Waals surface area contributed by atoms with Crippen LogP contribution in [-0.4, -0.2) is 40.2 Å². The molecule has 0 aliphatic carbocycles. The van der Waals surface area contributed by atoms with Crippen LogP contribution in [0.2, 0.25) is 0 Å². The fraction of sp³-hybridized carbons (Fsp3) is 0.154. The van der Waals surface area contributed by atoms with Gasteiger partial charge in [-0.1, -0.05) is 137 Å². The average Bonchev–Trinajstić information content (AvgIpc) is 3.29. The summed E-state index contributed by atoms with van der Waals surface area (Å²) in [4.78, 5) is 33.1. The summed E-state index contributed by atoms with van der Waals surface area (Å²) in [5, 5.41) is 12.7. The Bertz CT molecular complexity index is 2670. The molecule has 2 heterocycles. The van der Waals surface area contributed by atoms with E-state index < -0.39 is 0 Å². The van der Waals surface area contributed by atoms with Gasteiger partial charge in [0, 0.05) is 28.5 Å². The Morgan fingerprint density at radius 3 is 1.52 bits per heavy atom. The number of esters is 2. The zero-order valence-corrected chi connectivity index (χ0v) is 35.8. The van der Waals surface area contributed by atoms with Crippen molar-refractivity contribution in [2.75, 3.05) is 13.2 Å². The molecular formula is C52H47BrN2O6. The number of aromatic hydroxyl groups is 1. The molecule has 0 radical (unpaired) electrons. The molecule has 0 aliphatic heterocycles. The molecule has 0 atom stereocenters. The molecule has 0 fully saturated rings. The van der Waals surface area contributed by atoms with E-state index in [0.29, 0.717) is 19.8 Å². The molecule has 0 aliphatic rings. The molecule has 2 aromatic heterocycles. The highest BCUT2D eigenvalue weighted by molar-refractivity contribution is 9.08. The van der Waals surface area contributed by atoms with E-state index in [9.17, 15) is 14.7 Å². The van der Waals surface area contributed by atoms with Gasteiger partial charge in [0.25, 0.3) is 0 Å². The summed E-state index contributed by atoms with van der Waals surface area (Å²) in [6, 6.07) is 51.0. The third-order valence-corrected chi connectivity index (χ3v) is 10.1. The van der Waals surface area contributed by atoms with Crippen molar-refractivity contribution in [3.63, 3.8) is 0 Å². The highest BCUT2D eigenvalue weighted by Crippen LogP contribution is 2.35. The lowest BCUT2D eigenvalue weighted by atomic mass is 9.95. The standard InChI is InChI=1S/C26H23NO3.C19H17NO3.C7H7Br/c1-2-29-25(28)16-21-17-27-24-14-7-6-13-23(24)26(21)20-11-8-12-22(15-20)30-18-19-9-4-3-5-10-19;1-2-23-18(22)11-14-12-20-17-9-4-3-8-16(17)19(14)13-6-5-7-15(21)10-13;8-6-7-4-2-1-3-5-7/h3-15,17H,2,16,18H2,1H3;3-10,12,21H,2,11H2,1H3;1-5H,6H2. The van der Waals surface area contributed by atoms with E-state index in [1.165, 1.54) is 5.56 Å². The van der Waals surface area contributed by atoms with Crippen LogP contribution in [0.5, 0.6) is 11.5 Å². The number of carbonyl (C=O) groups excluding carboxylic acids is 2. The minimum absolute atomic E-state index is 0.149. The number of rotatable bonds is 12. The minimum Gasteiger partial charge on any atom is -0.508 e. The molecule has 6 aromatic carbocycles. The molecule has 308 valence electrons. The molecule has 0 saturated carbocycles. The molecule has 61 heavy (non-hydrogen) atoms. The second-order valence-electron chi connectivity index (χ2n) is 13.8. The van der Waals surface area contributed by atoms with E-state index in [2.05, 4.69) is 38.0 Å². The van der Waals surface area contributed by atoms with Gasteiger partial charge in [0.2, 0.25) is 0 Å². The summed E-state index contributed by atoms with van der Waals surface area (Å²) >= 11 is 3.36. The molecular weight excluding hydrogens is 828 g/mol. The Morgan fingerprint density at radius 2 is 1.03 bits per heavy atom. The average molecular weight is 876 g/mol. The third-order valence-electron chi connectivity index (χ3n) is 9.49. The van der Waals surface area contributed by atoms with Gasteiger partial charge in [0.05, 0.1) is 37.1 Å². The van der Waals surface area contributed by atoms with Crippen molar-refractivity contribution < 1.29 is 28.9 Å². The first-order valence-corrected chi connectivity index (χ1v) is 21.2. The van der Waals surface area contributed by atoms with Crippen molar-refractivity contribution in [3.05, 3.63) is 192 Å². The fourth-order valence-corrected chi connectivity index (χ4v) is 7.13.